The van der Waals surface area contributed by atoms with Crippen molar-refractivity contribution in [3.05, 3.63) is 76.5 Å². The SMILES string of the molecule is O=C(NCc1ccccc1-n1cccn1)c1cc(S(=O)(=O)N2CCCC2)ccc1Br. The Bertz CT molecular complexity index is 1160. The van der Waals surface area contributed by atoms with E-state index in [1.165, 1.54) is 16.4 Å². The third-order valence-corrected chi connectivity index (χ3v) is 7.65. The van der Waals surface area contributed by atoms with Gasteiger partial charge in [-0.1, -0.05) is 18.2 Å². The molecule has 0 bridgehead atoms. The highest BCUT2D eigenvalue weighted by Gasteiger charge is 2.28. The van der Waals surface area contributed by atoms with E-state index in [1.54, 1.807) is 16.9 Å². The molecule has 0 atom stereocenters. The minimum atomic E-state index is -3.59. The van der Waals surface area contributed by atoms with E-state index in [0.29, 0.717) is 17.6 Å². The summed E-state index contributed by atoms with van der Waals surface area (Å²) in [7, 11) is -3.59. The lowest BCUT2D eigenvalue weighted by atomic mass is 10.1. The molecule has 3 aromatic rings. The Labute approximate surface area is 183 Å². The van der Waals surface area contributed by atoms with Gasteiger partial charge in [-0.3, -0.25) is 4.79 Å². The molecule has 1 amide bonds. The molecule has 0 unspecified atom stereocenters. The highest BCUT2D eigenvalue weighted by Crippen LogP contribution is 2.25. The highest BCUT2D eigenvalue weighted by atomic mass is 79.9. The van der Waals surface area contributed by atoms with Gasteiger partial charge in [-0.15, -0.1) is 0 Å². The van der Waals surface area contributed by atoms with Gasteiger partial charge in [0.15, 0.2) is 0 Å². The molecule has 1 fully saturated rings. The van der Waals surface area contributed by atoms with Crippen molar-refractivity contribution in [3.8, 4) is 5.69 Å². The van der Waals surface area contributed by atoms with Crippen LogP contribution in [0, 0.1) is 0 Å². The maximum Gasteiger partial charge on any atom is 0.252 e. The third-order valence-electron chi connectivity index (χ3n) is 5.07. The van der Waals surface area contributed by atoms with Crippen LogP contribution in [0.4, 0.5) is 0 Å². The summed E-state index contributed by atoms with van der Waals surface area (Å²) in [5.74, 6) is -0.351. The zero-order chi connectivity index (χ0) is 21.1. The first-order valence-electron chi connectivity index (χ1n) is 9.62. The number of hydrogen-bond acceptors (Lipinski definition) is 4. The number of para-hydroxylation sites is 1. The van der Waals surface area contributed by atoms with Gasteiger partial charge in [0.2, 0.25) is 10.0 Å². The summed E-state index contributed by atoms with van der Waals surface area (Å²) >= 11 is 3.37. The predicted molar refractivity (Wildman–Crippen MR) is 117 cm³/mol. The minimum Gasteiger partial charge on any atom is -0.348 e. The van der Waals surface area contributed by atoms with Crippen LogP contribution < -0.4 is 5.32 Å². The van der Waals surface area contributed by atoms with Crippen LogP contribution in [0.3, 0.4) is 0 Å². The first-order valence-corrected chi connectivity index (χ1v) is 11.9. The Morgan fingerprint density at radius 1 is 1.10 bits per heavy atom. The van der Waals surface area contributed by atoms with E-state index in [4.69, 9.17) is 0 Å². The van der Waals surface area contributed by atoms with Crippen LogP contribution in [0.2, 0.25) is 0 Å². The molecule has 30 heavy (non-hydrogen) atoms. The molecular formula is C21H21BrN4O3S. The average Bonchev–Trinajstić information content (AvgIpc) is 3.47. The fourth-order valence-electron chi connectivity index (χ4n) is 3.48. The van der Waals surface area contributed by atoms with Gasteiger partial charge in [0.05, 0.1) is 16.1 Å². The largest absolute Gasteiger partial charge is 0.348 e. The lowest BCUT2D eigenvalue weighted by molar-refractivity contribution is 0.0950. The van der Waals surface area contributed by atoms with Crippen molar-refractivity contribution in [2.75, 3.05) is 13.1 Å². The fraction of sp³-hybridized carbons (Fsp3) is 0.238. The molecule has 0 radical (unpaired) electrons. The molecule has 1 saturated heterocycles. The second-order valence-corrected chi connectivity index (χ2v) is 9.81. The van der Waals surface area contributed by atoms with Gasteiger partial charge in [-0.05, 0) is 64.7 Å². The van der Waals surface area contributed by atoms with Crippen molar-refractivity contribution in [1.29, 1.82) is 0 Å². The lowest BCUT2D eigenvalue weighted by Gasteiger charge is -2.17. The number of carbonyl (C=O) groups is 1. The maximum atomic E-state index is 12.9. The Morgan fingerprint density at radius 2 is 1.87 bits per heavy atom. The van der Waals surface area contributed by atoms with E-state index in [1.807, 2.05) is 36.5 Å². The van der Waals surface area contributed by atoms with Gasteiger partial charge in [-0.25, -0.2) is 13.1 Å². The van der Waals surface area contributed by atoms with Crippen molar-refractivity contribution in [2.45, 2.75) is 24.3 Å². The first-order chi connectivity index (χ1) is 14.5. The van der Waals surface area contributed by atoms with Crippen molar-refractivity contribution in [1.82, 2.24) is 19.4 Å². The molecule has 1 aliphatic heterocycles. The minimum absolute atomic E-state index is 0.134. The normalized spacial score (nSPS) is 14.7. The van der Waals surface area contributed by atoms with Crippen LogP contribution in [0.15, 0.2) is 70.3 Å². The second-order valence-electron chi connectivity index (χ2n) is 7.01. The summed E-state index contributed by atoms with van der Waals surface area (Å²) in [5.41, 5.74) is 2.05. The van der Waals surface area contributed by atoms with Gasteiger partial charge in [0, 0.05) is 36.5 Å². The Morgan fingerprint density at radius 3 is 2.60 bits per heavy atom. The standard InChI is InChI=1S/C21H21BrN4O3S/c22-19-9-8-17(30(28,29)25-11-3-4-12-25)14-18(19)21(27)23-15-16-6-1-2-7-20(16)26-13-5-10-24-26/h1-2,5-10,13-14H,3-4,11-12,15H2,(H,23,27). The van der Waals surface area contributed by atoms with Crippen molar-refractivity contribution in [3.63, 3.8) is 0 Å². The van der Waals surface area contributed by atoms with E-state index in [-0.39, 0.29) is 22.9 Å². The van der Waals surface area contributed by atoms with Gasteiger partial charge >= 0.3 is 0 Å². The summed E-state index contributed by atoms with van der Waals surface area (Å²) in [6.07, 6.45) is 5.25. The molecule has 4 rings (SSSR count). The molecule has 156 valence electrons. The Balaban J connectivity index is 1.55. The highest BCUT2D eigenvalue weighted by molar-refractivity contribution is 9.10. The first kappa shape index (κ1) is 20.8. The summed E-state index contributed by atoms with van der Waals surface area (Å²) in [5, 5.41) is 7.14. The monoisotopic (exact) mass is 488 g/mol. The predicted octanol–water partition coefficient (Wildman–Crippen LogP) is 3.35. The Kier molecular flexibility index (Phi) is 6.03. The number of rotatable bonds is 6. The number of nitrogens with zero attached hydrogens (tertiary/aromatic N) is 3. The zero-order valence-electron chi connectivity index (χ0n) is 16.2. The van der Waals surface area contributed by atoms with Crippen LogP contribution in [-0.4, -0.2) is 41.5 Å². The molecule has 0 aliphatic carbocycles. The summed E-state index contributed by atoms with van der Waals surface area (Å²) in [4.78, 5) is 13.0. The Hall–Kier alpha value is -2.49. The van der Waals surface area contributed by atoms with Crippen molar-refractivity contribution < 1.29 is 13.2 Å². The molecular weight excluding hydrogens is 468 g/mol. The number of carbonyl (C=O) groups excluding carboxylic acids is 1. The second kappa shape index (κ2) is 8.71. The molecule has 9 heteroatoms. The fourth-order valence-corrected chi connectivity index (χ4v) is 5.45. The molecule has 7 nitrogen and oxygen atoms in total. The van der Waals surface area contributed by atoms with E-state index >= 15 is 0 Å². The average molecular weight is 489 g/mol. The van der Waals surface area contributed by atoms with E-state index < -0.39 is 10.0 Å². The topological polar surface area (TPSA) is 84.3 Å². The number of nitrogens with one attached hydrogen (secondary N) is 1. The van der Waals surface area contributed by atoms with Crippen LogP contribution in [0.25, 0.3) is 5.69 Å². The van der Waals surface area contributed by atoms with E-state index in [9.17, 15) is 13.2 Å². The van der Waals surface area contributed by atoms with Crippen molar-refractivity contribution >= 4 is 31.9 Å². The van der Waals surface area contributed by atoms with Crippen LogP contribution in [-0.2, 0) is 16.6 Å². The number of hydrogen-bond donors (Lipinski definition) is 1. The summed E-state index contributed by atoms with van der Waals surface area (Å²) < 4.78 is 29.4. The number of benzene rings is 2. The molecule has 1 N–H and O–H groups in total. The van der Waals surface area contributed by atoms with Gasteiger partial charge in [0.1, 0.15) is 0 Å². The van der Waals surface area contributed by atoms with E-state index in [0.717, 1.165) is 24.1 Å². The summed E-state index contributed by atoms with van der Waals surface area (Å²) in [6.45, 7) is 1.32. The van der Waals surface area contributed by atoms with Crippen molar-refractivity contribution in [2.24, 2.45) is 0 Å². The van der Waals surface area contributed by atoms with Gasteiger partial charge in [0.25, 0.3) is 5.91 Å². The number of halogens is 1. The molecule has 0 spiro atoms. The molecule has 2 heterocycles. The molecule has 1 aromatic heterocycles. The number of sulfonamides is 1. The smallest absolute Gasteiger partial charge is 0.252 e. The third kappa shape index (κ3) is 4.19. The molecule has 2 aromatic carbocycles. The number of aromatic nitrogens is 2. The van der Waals surface area contributed by atoms with E-state index in [2.05, 4.69) is 26.3 Å². The quantitative estimate of drug-likeness (QED) is 0.576. The van der Waals surface area contributed by atoms with Crippen LogP contribution >= 0.6 is 15.9 Å². The van der Waals surface area contributed by atoms with Crippen LogP contribution in [0.1, 0.15) is 28.8 Å². The van der Waals surface area contributed by atoms with Crippen LogP contribution in [0.5, 0.6) is 0 Å². The maximum absolute atomic E-state index is 12.9. The molecule has 0 saturated carbocycles. The molecule has 1 aliphatic rings. The summed E-state index contributed by atoms with van der Waals surface area (Å²) in [6, 6.07) is 14.1. The van der Waals surface area contributed by atoms with Gasteiger partial charge < -0.3 is 5.32 Å². The zero-order valence-corrected chi connectivity index (χ0v) is 18.6. The lowest BCUT2D eigenvalue weighted by Crippen LogP contribution is -2.28. The van der Waals surface area contributed by atoms with Gasteiger partial charge in [-0.2, -0.15) is 9.40 Å². The number of amides is 1.